The highest BCUT2D eigenvalue weighted by Gasteiger charge is 2.28. The lowest BCUT2D eigenvalue weighted by Crippen LogP contribution is -2.15. The average molecular weight is 397 g/mol. The molecule has 0 aliphatic rings. The second-order valence-corrected chi connectivity index (χ2v) is 6.37. The van der Waals surface area contributed by atoms with Gasteiger partial charge < -0.3 is 24.8 Å². The van der Waals surface area contributed by atoms with E-state index in [1.54, 1.807) is 18.3 Å². The first kappa shape index (κ1) is 19.9. The van der Waals surface area contributed by atoms with Crippen LogP contribution in [0.2, 0.25) is 0 Å². The summed E-state index contributed by atoms with van der Waals surface area (Å²) in [6.07, 6.45) is 2.88. The zero-order valence-corrected chi connectivity index (χ0v) is 16.0. The number of hydrogen-bond acceptors (Lipinski definition) is 8. The van der Waals surface area contributed by atoms with Gasteiger partial charge >= 0.3 is 0 Å². The van der Waals surface area contributed by atoms with E-state index in [2.05, 4.69) is 4.98 Å². The van der Waals surface area contributed by atoms with Crippen LogP contribution in [-0.4, -0.2) is 46.1 Å². The number of aromatic nitrogens is 1. The third kappa shape index (κ3) is 3.40. The van der Waals surface area contributed by atoms with Crippen molar-refractivity contribution >= 4 is 22.3 Å². The van der Waals surface area contributed by atoms with Crippen LogP contribution in [0.25, 0.3) is 10.8 Å². The summed E-state index contributed by atoms with van der Waals surface area (Å²) in [5.41, 5.74) is 0.00979. The number of ketones is 2. The van der Waals surface area contributed by atoms with Gasteiger partial charge in [-0.25, -0.2) is 0 Å². The molecule has 3 aromatic rings. The van der Waals surface area contributed by atoms with Gasteiger partial charge in [0.2, 0.25) is 5.78 Å². The fourth-order valence-electron chi connectivity index (χ4n) is 3.24. The first-order valence-electron chi connectivity index (χ1n) is 8.59. The van der Waals surface area contributed by atoms with E-state index in [1.807, 2.05) is 0 Å². The number of carbonyl (C=O) groups is 2. The van der Waals surface area contributed by atoms with Crippen molar-refractivity contribution in [3.8, 4) is 28.7 Å². The summed E-state index contributed by atoms with van der Waals surface area (Å²) in [5.74, 6) is -2.72. The molecule has 3 rings (SSSR count). The van der Waals surface area contributed by atoms with E-state index >= 15 is 0 Å². The first-order chi connectivity index (χ1) is 13.8. The molecule has 150 valence electrons. The second-order valence-electron chi connectivity index (χ2n) is 6.37. The molecule has 0 bridgehead atoms. The van der Waals surface area contributed by atoms with Gasteiger partial charge in [0.25, 0.3) is 0 Å². The molecule has 0 aliphatic carbocycles. The number of methoxy groups -OCH3 is 2. The van der Waals surface area contributed by atoms with Crippen molar-refractivity contribution in [3.63, 3.8) is 0 Å². The fraction of sp³-hybridized carbons (Fsp3) is 0.190. The van der Waals surface area contributed by atoms with Gasteiger partial charge in [0.1, 0.15) is 17.2 Å². The van der Waals surface area contributed by atoms with Crippen LogP contribution in [0, 0.1) is 0 Å². The molecule has 0 atom stereocenters. The van der Waals surface area contributed by atoms with E-state index in [0.29, 0.717) is 16.5 Å². The van der Waals surface area contributed by atoms with Crippen LogP contribution < -0.4 is 9.47 Å². The molecule has 0 unspecified atom stereocenters. The Balaban J connectivity index is 2.30. The predicted octanol–water partition coefficient (Wildman–Crippen LogP) is 2.73. The predicted molar refractivity (Wildman–Crippen MR) is 104 cm³/mol. The summed E-state index contributed by atoms with van der Waals surface area (Å²) >= 11 is 0. The highest BCUT2D eigenvalue weighted by Crippen LogP contribution is 2.43. The van der Waals surface area contributed by atoms with Crippen molar-refractivity contribution in [3.05, 3.63) is 47.3 Å². The van der Waals surface area contributed by atoms with Crippen LogP contribution in [0.5, 0.6) is 28.7 Å². The van der Waals surface area contributed by atoms with Gasteiger partial charge in [-0.15, -0.1) is 0 Å². The monoisotopic (exact) mass is 397 g/mol. The van der Waals surface area contributed by atoms with Gasteiger partial charge in [-0.05, 0) is 17.5 Å². The summed E-state index contributed by atoms with van der Waals surface area (Å²) in [4.78, 5) is 28.3. The zero-order chi connectivity index (χ0) is 21.3. The van der Waals surface area contributed by atoms with Crippen molar-refractivity contribution < 1.29 is 34.4 Å². The standard InChI is InChI=1S/C21H19NO7/c1-10(23)19(26)18-12(15(24)8-16(25)21(18)29-3)7-13-17(28-2)6-11-4-5-22-9-14(11)20(13)27/h4-6,8-9,24-25,27H,7H2,1-3H3. The zero-order valence-electron chi connectivity index (χ0n) is 16.0. The van der Waals surface area contributed by atoms with E-state index < -0.39 is 23.1 Å². The van der Waals surface area contributed by atoms with Gasteiger partial charge in [0.05, 0.1) is 19.8 Å². The molecule has 29 heavy (non-hydrogen) atoms. The summed E-state index contributed by atoms with van der Waals surface area (Å²) in [6.45, 7) is 1.08. The minimum Gasteiger partial charge on any atom is -0.507 e. The molecule has 8 heteroatoms. The molecule has 0 saturated carbocycles. The number of benzene rings is 2. The Morgan fingerprint density at radius 2 is 1.76 bits per heavy atom. The number of nitrogens with zero attached hydrogens (tertiary/aromatic N) is 1. The number of pyridine rings is 1. The number of Topliss-reactive ketones (excluding diaryl/α,β-unsaturated/α-hetero) is 2. The Kier molecular flexibility index (Phi) is 5.27. The van der Waals surface area contributed by atoms with Crippen LogP contribution >= 0.6 is 0 Å². The number of phenolic OH excluding ortho intramolecular Hbond substituents is 3. The maximum Gasteiger partial charge on any atom is 0.232 e. The smallest absolute Gasteiger partial charge is 0.232 e. The Labute approximate surface area is 166 Å². The lowest BCUT2D eigenvalue weighted by molar-refractivity contribution is -0.113. The Morgan fingerprint density at radius 1 is 1.03 bits per heavy atom. The Morgan fingerprint density at radius 3 is 2.38 bits per heavy atom. The average Bonchev–Trinajstić information content (AvgIpc) is 2.70. The van der Waals surface area contributed by atoms with Gasteiger partial charge in [0.15, 0.2) is 17.3 Å². The van der Waals surface area contributed by atoms with E-state index in [4.69, 9.17) is 9.47 Å². The second kappa shape index (κ2) is 7.67. The molecule has 8 nitrogen and oxygen atoms in total. The third-order valence-corrected chi connectivity index (χ3v) is 4.65. The van der Waals surface area contributed by atoms with Crippen molar-refractivity contribution in [2.24, 2.45) is 0 Å². The van der Waals surface area contributed by atoms with Crippen LogP contribution in [0.4, 0.5) is 0 Å². The summed E-state index contributed by atoms with van der Waals surface area (Å²) in [5, 5.41) is 32.4. The quantitative estimate of drug-likeness (QED) is 0.428. The molecule has 0 radical (unpaired) electrons. The van der Waals surface area contributed by atoms with Gasteiger partial charge in [0, 0.05) is 48.3 Å². The molecular weight excluding hydrogens is 378 g/mol. The van der Waals surface area contributed by atoms with Gasteiger partial charge in [-0.2, -0.15) is 0 Å². The first-order valence-corrected chi connectivity index (χ1v) is 8.59. The number of phenols is 3. The number of carbonyl (C=O) groups excluding carboxylic acids is 2. The van der Waals surface area contributed by atoms with E-state index in [0.717, 1.165) is 13.0 Å². The van der Waals surface area contributed by atoms with Crippen molar-refractivity contribution in [2.45, 2.75) is 13.3 Å². The van der Waals surface area contributed by atoms with Crippen molar-refractivity contribution in [2.75, 3.05) is 14.2 Å². The molecule has 1 aromatic heterocycles. The summed E-state index contributed by atoms with van der Waals surface area (Å²) in [7, 11) is 2.65. The number of hydrogen-bond donors (Lipinski definition) is 3. The summed E-state index contributed by atoms with van der Waals surface area (Å²) in [6, 6.07) is 4.40. The van der Waals surface area contributed by atoms with Crippen molar-refractivity contribution in [1.29, 1.82) is 0 Å². The van der Waals surface area contributed by atoms with Crippen LogP contribution in [0.15, 0.2) is 30.6 Å². The highest BCUT2D eigenvalue weighted by molar-refractivity contribution is 6.44. The molecule has 0 amide bonds. The minimum absolute atomic E-state index is 0.0108. The number of rotatable bonds is 6. The van der Waals surface area contributed by atoms with E-state index in [9.17, 15) is 24.9 Å². The molecule has 0 spiro atoms. The molecule has 0 fully saturated rings. The lowest BCUT2D eigenvalue weighted by atomic mass is 9.92. The van der Waals surface area contributed by atoms with Crippen molar-refractivity contribution in [1.82, 2.24) is 4.98 Å². The molecule has 1 heterocycles. The normalized spacial score (nSPS) is 10.7. The minimum atomic E-state index is -0.941. The summed E-state index contributed by atoms with van der Waals surface area (Å²) < 4.78 is 10.5. The highest BCUT2D eigenvalue weighted by atomic mass is 16.5. The van der Waals surface area contributed by atoms with Crippen LogP contribution in [0.3, 0.4) is 0 Å². The van der Waals surface area contributed by atoms with Gasteiger partial charge in [-0.1, -0.05) is 0 Å². The fourth-order valence-corrected chi connectivity index (χ4v) is 3.24. The van der Waals surface area contributed by atoms with Crippen LogP contribution in [0.1, 0.15) is 28.4 Å². The SMILES string of the molecule is COc1cc2ccncc2c(O)c1Cc1c(O)cc(O)c(OC)c1C(=O)C(C)=O. The number of ether oxygens (including phenoxy) is 2. The Bertz CT molecular complexity index is 1140. The molecule has 3 N–H and O–H groups in total. The number of fused-ring (bicyclic) bond motifs is 1. The van der Waals surface area contributed by atoms with Crippen LogP contribution in [-0.2, 0) is 11.2 Å². The third-order valence-electron chi connectivity index (χ3n) is 4.65. The van der Waals surface area contributed by atoms with E-state index in [1.165, 1.54) is 20.4 Å². The lowest BCUT2D eigenvalue weighted by Gasteiger charge is -2.18. The number of aromatic hydroxyl groups is 3. The van der Waals surface area contributed by atoms with Gasteiger partial charge in [-0.3, -0.25) is 14.6 Å². The maximum atomic E-state index is 12.5. The molecule has 0 saturated heterocycles. The molecule has 0 aliphatic heterocycles. The Hall–Kier alpha value is -3.81. The van der Waals surface area contributed by atoms with E-state index in [-0.39, 0.29) is 34.6 Å². The maximum absolute atomic E-state index is 12.5. The topological polar surface area (TPSA) is 126 Å². The molecular formula is C21H19NO7. The largest absolute Gasteiger partial charge is 0.507 e. The molecule has 2 aromatic carbocycles.